The maximum atomic E-state index is 10.9. The van der Waals surface area contributed by atoms with Crippen LogP contribution in [0.15, 0.2) is 72.9 Å². The lowest BCUT2D eigenvalue weighted by molar-refractivity contribution is 0.471. The normalized spacial score (nSPS) is 12.1. The summed E-state index contributed by atoms with van der Waals surface area (Å²) < 4.78 is 0. The van der Waals surface area contributed by atoms with Gasteiger partial charge in [-0.25, -0.2) is 4.98 Å². The van der Waals surface area contributed by atoms with E-state index in [1.165, 1.54) is 0 Å². The van der Waals surface area contributed by atoms with Crippen molar-refractivity contribution in [3.8, 4) is 5.75 Å². The summed E-state index contributed by atoms with van der Waals surface area (Å²) in [5, 5.41) is 15.9. The van der Waals surface area contributed by atoms with Gasteiger partial charge in [0.05, 0.1) is 6.04 Å². The Hall–Kier alpha value is -3.11. The van der Waals surface area contributed by atoms with Crippen LogP contribution >= 0.6 is 11.6 Å². The van der Waals surface area contributed by atoms with Crippen molar-refractivity contribution in [3.05, 3.63) is 94.8 Å². The van der Waals surface area contributed by atoms with Gasteiger partial charge in [0.25, 0.3) is 0 Å². The average Bonchev–Trinajstić information content (AvgIpc) is 2.67. The van der Waals surface area contributed by atoms with Crippen LogP contribution in [0.5, 0.6) is 5.75 Å². The second-order valence-corrected chi connectivity index (χ2v) is 6.81. The summed E-state index contributed by atoms with van der Waals surface area (Å²) in [4.78, 5) is 8.87. The Bertz CT molecular complexity index is 1110. The highest BCUT2D eigenvalue weighted by molar-refractivity contribution is 6.30. The van der Waals surface area contributed by atoms with E-state index in [1.807, 2.05) is 73.7 Å². The first-order valence-corrected chi connectivity index (χ1v) is 9.02. The number of benzene rings is 2. The zero-order valence-electron chi connectivity index (χ0n) is 14.7. The molecule has 5 heteroatoms. The maximum absolute atomic E-state index is 10.9. The molecule has 0 aliphatic carbocycles. The first kappa shape index (κ1) is 17.3. The third-order valence-electron chi connectivity index (χ3n) is 4.45. The van der Waals surface area contributed by atoms with Crippen molar-refractivity contribution in [2.75, 3.05) is 5.32 Å². The molecule has 4 nitrogen and oxygen atoms in total. The van der Waals surface area contributed by atoms with Crippen molar-refractivity contribution in [3.63, 3.8) is 0 Å². The van der Waals surface area contributed by atoms with Crippen LogP contribution in [0.25, 0.3) is 10.9 Å². The molecule has 134 valence electrons. The van der Waals surface area contributed by atoms with E-state index < -0.39 is 0 Å². The lowest BCUT2D eigenvalue weighted by atomic mass is 9.96. The number of phenolic OH excluding ortho intramolecular Hbond substituents is 1. The Morgan fingerprint density at radius 1 is 1.00 bits per heavy atom. The van der Waals surface area contributed by atoms with E-state index in [-0.39, 0.29) is 11.8 Å². The molecule has 2 aromatic carbocycles. The molecule has 4 aromatic rings. The number of phenols is 1. The Morgan fingerprint density at radius 2 is 1.85 bits per heavy atom. The van der Waals surface area contributed by atoms with Gasteiger partial charge in [-0.15, -0.1) is 0 Å². The van der Waals surface area contributed by atoms with Crippen molar-refractivity contribution in [2.45, 2.75) is 13.0 Å². The lowest BCUT2D eigenvalue weighted by Crippen LogP contribution is -2.14. The van der Waals surface area contributed by atoms with Crippen LogP contribution in [-0.4, -0.2) is 15.1 Å². The van der Waals surface area contributed by atoms with Crippen LogP contribution in [0.1, 0.15) is 22.9 Å². The van der Waals surface area contributed by atoms with Crippen molar-refractivity contribution >= 4 is 28.3 Å². The minimum absolute atomic E-state index is 0.151. The van der Waals surface area contributed by atoms with E-state index in [0.717, 1.165) is 22.5 Å². The topological polar surface area (TPSA) is 58.0 Å². The van der Waals surface area contributed by atoms with Gasteiger partial charge in [-0.3, -0.25) is 4.98 Å². The molecule has 4 rings (SSSR count). The predicted octanol–water partition coefficient (Wildman–Crippen LogP) is 5.50. The lowest BCUT2D eigenvalue weighted by Gasteiger charge is -2.22. The van der Waals surface area contributed by atoms with Gasteiger partial charge in [0.2, 0.25) is 0 Å². The summed E-state index contributed by atoms with van der Waals surface area (Å²) in [6, 6.07) is 20.7. The van der Waals surface area contributed by atoms with Gasteiger partial charge < -0.3 is 10.4 Å². The van der Waals surface area contributed by atoms with Crippen molar-refractivity contribution in [2.24, 2.45) is 0 Å². The molecule has 2 aromatic heterocycles. The second kappa shape index (κ2) is 7.25. The molecule has 0 spiro atoms. The van der Waals surface area contributed by atoms with Crippen LogP contribution in [0.2, 0.25) is 5.02 Å². The van der Waals surface area contributed by atoms with Gasteiger partial charge >= 0.3 is 0 Å². The molecular formula is C22H18ClN3O. The minimum atomic E-state index is -0.329. The summed E-state index contributed by atoms with van der Waals surface area (Å²) in [7, 11) is 0. The average molecular weight is 376 g/mol. The number of fused-ring (bicyclic) bond motifs is 1. The summed E-state index contributed by atoms with van der Waals surface area (Å²) in [5.74, 6) is 0.874. The fourth-order valence-electron chi connectivity index (χ4n) is 3.18. The molecule has 27 heavy (non-hydrogen) atoms. The molecule has 0 radical (unpaired) electrons. The van der Waals surface area contributed by atoms with E-state index >= 15 is 0 Å². The first-order valence-electron chi connectivity index (χ1n) is 8.64. The highest BCUT2D eigenvalue weighted by Gasteiger charge is 2.20. The zero-order chi connectivity index (χ0) is 18.8. The molecule has 0 saturated heterocycles. The summed E-state index contributed by atoms with van der Waals surface area (Å²) in [5.41, 5.74) is 3.12. The Kier molecular flexibility index (Phi) is 4.65. The van der Waals surface area contributed by atoms with Gasteiger partial charge in [0, 0.05) is 27.9 Å². The van der Waals surface area contributed by atoms with Crippen LogP contribution in [0.3, 0.4) is 0 Å². The van der Waals surface area contributed by atoms with E-state index in [9.17, 15) is 5.11 Å². The van der Waals surface area contributed by atoms with Crippen LogP contribution in [-0.2, 0) is 0 Å². The minimum Gasteiger partial charge on any atom is -0.505 e. The Morgan fingerprint density at radius 3 is 2.67 bits per heavy atom. The number of rotatable bonds is 4. The molecule has 2 heterocycles. The summed E-state index contributed by atoms with van der Waals surface area (Å²) >= 11 is 6.22. The molecule has 0 aliphatic heterocycles. The molecule has 0 amide bonds. The fraction of sp³-hybridized carbons (Fsp3) is 0.0909. The monoisotopic (exact) mass is 375 g/mol. The highest BCUT2D eigenvalue weighted by atomic mass is 35.5. The SMILES string of the molecule is Cc1cccc(N[C@@H](c2cccc(Cl)c2)c2ccc3cccnc3c2O)n1. The number of aromatic hydroxyl groups is 1. The van der Waals surface area contributed by atoms with Gasteiger partial charge in [-0.05, 0) is 42.8 Å². The van der Waals surface area contributed by atoms with Gasteiger partial charge in [-0.1, -0.05) is 48.0 Å². The molecule has 1 atom stereocenters. The maximum Gasteiger partial charge on any atom is 0.147 e. The van der Waals surface area contributed by atoms with Crippen LogP contribution in [0.4, 0.5) is 5.82 Å². The number of pyridine rings is 2. The number of aryl methyl sites for hydroxylation is 1. The quantitative estimate of drug-likeness (QED) is 0.494. The smallest absolute Gasteiger partial charge is 0.147 e. The standard InChI is InChI=1S/C22H18ClN3O/c1-14-5-2-9-19(25-14)26-20(16-6-3-8-17(23)13-16)18-11-10-15-7-4-12-24-21(15)22(18)27/h2-13,20,27H,1H3,(H,25,26)/t20-/m0/s1. The molecule has 0 aliphatic rings. The van der Waals surface area contributed by atoms with Crippen molar-refractivity contribution in [1.29, 1.82) is 0 Å². The number of hydrogen-bond acceptors (Lipinski definition) is 4. The van der Waals surface area contributed by atoms with E-state index in [0.29, 0.717) is 16.1 Å². The molecule has 0 fully saturated rings. The molecule has 0 unspecified atom stereocenters. The summed E-state index contributed by atoms with van der Waals surface area (Å²) in [6.45, 7) is 1.94. The molecule has 0 saturated carbocycles. The summed E-state index contributed by atoms with van der Waals surface area (Å²) in [6.07, 6.45) is 1.68. The van der Waals surface area contributed by atoms with Gasteiger partial charge in [0.15, 0.2) is 0 Å². The number of hydrogen-bond donors (Lipinski definition) is 2. The van der Waals surface area contributed by atoms with Gasteiger partial charge in [-0.2, -0.15) is 0 Å². The number of halogens is 1. The van der Waals surface area contributed by atoms with Crippen molar-refractivity contribution < 1.29 is 5.11 Å². The Balaban J connectivity index is 1.86. The molecule has 0 bridgehead atoms. The highest BCUT2D eigenvalue weighted by Crippen LogP contribution is 2.36. The second-order valence-electron chi connectivity index (χ2n) is 6.38. The molecule has 2 N–H and O–H groups in total. The fourth-order valence-corrected chi connectivity index (χ4v) is 3.38. The number of nitrogens with zero attached hydrogens (tertiary/aromatic N) is 2. The van der Waals surface area contributed by atoms with E-state index in [4.69, 9.17) is 11.6 Å². The number of nitrogens with one attached hydrogen (secondary N) is 1. The Labute approximate surface area is 162 Å². The number of aromatic nitrogens is 2. The van der Waals surface area contributed by atoms with E-state index in [2.05, 4.69) is 15.3 Å². The number of anilines is 1. The first-order chi connectivity index (χ1) is 13.1. The largest absolute Gasteiger partial charge is 0.505 e. The van der Waals surface area contributed by atoms with Crippen LogP contribution < -0.4 is 5.32 Å². The third kappa shape index (κ3) is 3.57. The van der Waals surface area contributed by atoms with E-state index in [1.54, 1.807) is 6.20 Å². The van der Waals surface area contributed by atoms with Crippen LogP contribution in [0, 0.1) is 6.92 Å². The zero-order valence-corrected chi connectivity index (χ0v) is 15.5. The predicted molar refractivity (Wildman–Crippen MR) is 109 cm³/mol. The van der Waals surface area contributed by atoms with Crippen molar-refractivity contribution in [1.82, 2.24) is 9.97 Å². The third-order valence-corrected chi connectivity index (χ3v) is 4.69. The van der Waals surface area contributed by atoms with Gasteiger partial charge in [0.1, 0.15) is 17.1 Å². The molecular weight excluding hydrogens is 358 g/mol.